The van der Waals surface area contributed by atoms with Crippen molar-refractivity contribution < 1.29 is 80.2 Å². The van der Waals surface area contributed by atoms with E-state index in [0.717, 1.165) is 127 Å². The number of carbonyl (C=O) groups excluding carboxylic acids is 4. The molecule has 0 aromatic heterocycles. The van der Waals surface area contributed by atoms with Gasteiger partial charge in [0.15, 0.2) is 12.2 Å². The first-order chi connectivity index (χ1) is 44.4. The Hall–Kier alpha value is -2.46. The van der Waals surface area contributed by atoms with E-state index in [1.807, 2.05) is 0 Å². The van der Waals surface area contributed by atoms with Gasteiger partial charge in [-0.05, 0) is 63.2 Å². The minimum Gasteiger partial charge on any atom is -0.462 e. The number of rotatable bonds is 70. The molecule has 92 heavy (non-hydrogen) atoms. The molecule has 0 saturated carbocycles. The van der Waals surface area contributed by atoms with Crippen molar-refractivity contribution in [3.05, 3.63) is 24.3 Å². The van der Waals surface area contributed by atoms with E-state index in [1.54, 1.807) is 0 Å². The lowest BCUT2D eigenvalue weighted by atomic mass is 10.0. The SMILES string of the molecule is CCCCCC/C=C\C=C/CCCCCCCC(=O)OC[C@H](COP(=O)(O)OC[C@@H](O)COP(=O)(O)OC[C@@H](COC(=O)CCCCCCC)OC(=O)CCCCCCCCCCCCCC(C)C)OC(=O)CCCCCCCCCCCCCCCCCC(C)C. The van der Waals surface area contributed by atoms with Crippen molar-refractivity contribution in [2.75, 3.05) is 39.6 Å². The number of carbonyl (C=O) groups is 4. The molecule has 0 fully saturated rings. The van der Waals surface area contributed by atoms with Crippen LogP contribution in [-0.4, -0.2) is 96.7 Å². The largest absolute Gasteiger partial charge is 0.472 e. The Morgan fingerprint density at radius 2 is 0.587 bits per heavy atom. The van der Waals surface area contributed by atoms with Crippen LogP contribution in [0, 0.1) is 11.8 Å². The molecule has 2 unspecified atom stereocenters. The van der Waals surface area contributed by atoms with E-state index < -0.39 is 97.5 Å². The van der Waals surface area contributed by atoms with Gasteiger partial charge in [0.2, 0.25) is 0 Å². The summed E-state index contributed by atoms with van der Waals surface area (Å²) in [5.74, 6) is -0.597. The topological polar surface area (TPSA) is 237 Å². The fourth-order valence-corrected chi connectivity index (χ4v) is 12.2. The van der Waals surface area contributed by atoms with E-state index in [4.69, 9.17) is 37.0 Å². The number of phosphoric ester groups is 2. The number of unbranched alkanes of at least 4 members (excludes halogenated alkanes) is 37. The van der Waals surface area contributed by atoms with Crippen LogP contribution in [0.4, 0.5) is 0 Å². The van der Waals surface area contributed by atoms with E-state index >= 15 is 0 Å². The third kappa shape index (κ3) is 66.2. The summed E-state index contributed by atoms with van der Waals surface area (Å²) in [5, 5.41) is 10.6. The average molecular weight is 1350 g/mol. The van der Waals surface area contributed by atoms with E-state index in [0.29, 0.717) is 25.7 Å². The summed E-state index contributed by atoms with van der Waals surface area (Å²) in [6.07, 6.45) is 53.9. The summed E-state index contributed by atoms with van der Waals surface area (Å²) in [5.41, 5.74) is 0. The molecule has 17 nitrogen and oxygen atoms in total. The molecule has 0 rings (SSSR count). The Kier molecular flexibility index (Phi) is 62.8. The highest BCUT2D eigenvalue weighted by atomic mass is 31.2. The zero-order valence-electron chi connectivity index (χ0n) is 59.3. The number of hydrogen-bond donors (Lipinski definition) is 3. The summed E-state index contributed by atoms with van der Waals surface area (Å²) in [6, 6.07) is 0. The molecule has 0 aromatic rings. The number of phosphoric acid groups is 2. The minimum absolute atomic E-state index is 0.101. The standard InChI is InChI=1S/C73H138O17P2/c1-7-9-11-13-14-15-16-17-19-23-28-33-38-44-50-56-71(76)84-62-69(90-73(78)57-51-45-39-34-29-24-21-18-20-22-26-31-36-42-47-53-65(3)4)64-88-92(81,82)86-60-67(74)59-85-91(79,80)87-63-68(61-83-70(75)55-49-41-12-10-8-2)89-72(77)58-52-46-40-35-30-25-27-32-37-43-48-54-66(5)6/h15-17,19,65-69,74H,7-14,18,20-64H2,1-6H3,(H,79,80)(H,81,82)/b16-15-,19-17-/t67-,68+,69+/m0/s1. The van der Waals surface area contributed by atoms with Crippen molar-refractivity contribution in [1.82, 2.24) is 0 Å². The summed E-state index contributed by atoms with van der Waals surface area (Å²) < 4.78 is 68.1. The van der Waals surface area contributed by atoms with Crippen molar-refractivity contribution in [2.24, 2.45) is 11.8 Å². The van der Waals surface area contributed by atoms with E-state index in [2.05, 4.69) is 65.8 Å². The first-order valence-corrected chi connectivity index (χ1v) is 40.3. The number of ether oxygens (including phenoxy) is 4. The van der Waals surface area contributed by atoms with Gasteiger partial charge in [-0.3, -0.25) is 37.3 Å². The molecular formula is C73H138O17P2. The van der Waals surface area contributed by atoms with Gasteiger partial charge in [-0.2, -0.15) is 0 Å². The van der Waals surface area contributed by atoms with Gasteiger partial charge in [0.25, 0.3) is 0 Å². The molecule has 0 saturated heterocycles. The lowest BCUT2D eigenvalue weighted by Gasteiger charge is -2.21. The van der Waals surface area contributed by atoms with Crippen molar-refractivity contribution in [2.45, 2.75) is 368 Å². The fourth-order valence-electron chi connectivity index (χ4n) is 10.6. The van der Waals surface area contributed by atoms with Crippen molar-refractivity contribution in [3.63, 3.8) is 0 Å². The third-order valence-electron chi connectivity index (χ3n) is 16.3. The summed E-state index contributed by atoms with van der Waals surface area (Å²) in [7, 11) is -9.91. The highest BCUT2D eigenvalue weighted by Gasteiger charge is 2.30. The van der Waals surface area contributed by atoms with Crippen LogP contribution < -0.4 is 0 Å². The van der Waals surface area contributed by atoms with Gasteiger partial charge in [0, 0.05) is 25.7 Å². The van der Waals surface area contributed by atoms with E-state index in [1.165, 1.54) is 141 Å². The smallest absolute Gasteiger partial charge is 0.462 e. The van der Waals surface area contributed by atoms with E-state index in [-0.39, 0.29) is 25.7 Å². The van der Waals surface area contributed by atoms with Gasteiger partial charge in [0.1, 0.15) is 19.3 Å². The van der Waals surface area contributed by atoms with Crippen LogP contribution in [0.2, 0.25) is 0 Å². The van der Waals surface area contributed by atoms with Gasteiger partial charge < -0.3 is 33.8 Å². The molecule has 542 valence electrons. The normalized spacial score (nSPS) is 14.2. The maximum atomic E-state index is 13.0. The minimum atomic E-state index is -4.96. The maximum absolute atomic E-state index is 13.0. The zero-order valence-corrected chi connectivity index (χ0v) is 61.1. The van der Waals surface area contributed by atoms with E-state index in [9.17, 15) is 43.2 Å². The van der Waals surface area contributed by atoms with Gasteiger partial charge in [0.05, 0.1) is 26.4 Å². The summed E-state index contributed by atoms with van der Waals surface area (Å²) >= 11 is 0. The predicted octanol–water partition coefficient (Wildman–Crippen LogP) is 20.7. The lowest BCUT2D eigenvalue weighted by molar-refractivity contribution is -0.161. The molecule has 3 N–H and O–H groups in total. The molecule has 0 aromatic carbocycles. The third-order valence-corrected chi connectivity index (χ3v) is 18.2. The molecular weight excluding hydrogens is 1210 g/mol. The number of esters is 4. The molecule has 0 spiro atoms. The van der Waals surface area contributed by atoms with Crippen molar-refractivity contribution in [3.8, 4) is 0 Å². The molecule has 5 atom stereocenters. The Bertz CT molecular complexity index is 1880. The first-order valence-electron chi connectivity index (χ1n) is 37.3. The van der Waals surface area contributed by atoms with Crippen LogP contribution in [0.5, 0.6) is 0 Å². The molecule has 0 heterocycles. The van der Waals surface area contributed by atoms with Gasteiger partial charge >= 0.3 is 39.5 Å². The highest BCUT2D eigenvalue weighted by Crippen LogP contribution is 2.45. The van der Waals surface area contributed by atoms with Crippen LogP contribution in [0.15, 0.2) is 24.3 Å². The fraction of sp³-hybridized carbons (Fsp3) is 0.890. The zero-order chi connectivity index (χ0) is 67.9. The predicted molar refractivity (Wildman–Crippen MR) is 372 cm³/mol. The molecule has 0 radical (unpaired) electrons. The number of allylic oxidation sites excluding steroid dienone is 4. The Labute approximate surface area is 561 Å². The first kappa shape index (κ1) is 89.5. The molecule has 0 aliphatic carbocycles. The van der Waals surface area contributed by atoms with Gasteiger partial charge in [-0.25, -0.2) is 9.13 Å². The molecule has 0 bridgehead atoms. The van der Waals surface area contributed by atoms with Crippen LogP contribution in [0.25, 0.3) is 0 Å². The second kappa shape index (κ2) is 64.5. The summed E-state index contributed by atoms with van der Waals surface area (Å²) in [4.78, 5) is 72.4. The number of aliphatic hydroxyl groups excluding tert-OH is 1. The molecule has 0 aliphatic heterocycles. The maximum Gasteiger partial charge on any atom is 0.472 e. The van der Waals surface area contributed by atoms with Crippen molar-refractivity contribution >= 4 is 39.5 Å². The second-order valence-electron chi connectivity index (χ2n) is 26.6. The lowest BCUT2D eigenvalue weighted by Crippen LogP contribution is -2.30. The second-order valence-corrected chi connectivity index (χ2v) is 29.5. The van der Waals surface area contributed by atoms with Gasteiger partial charge in [-0.1, -0.05) is 297 Å². The number of hydrogen-bond acceptors (Lipinski definition) is 15. The molecule has 19 heteroatoms. The Balaban J connectivity index is 5.19. The van der Waals surface area contributed by atoms with Crippen LogP contribution >= 0.6 is 15.6 Å². The molecule has 0 amide bonds. The average Bonchev–Trinajstić information content (AvgIpc) is 1.57. The van der Waals surface area contributed by atoms with Crippen molar-refractivity contribution in [1.29, 1.82) is 0 Å². The van der Waals surface area contributed by atoms with Crippen LogP contribution in [-0.2, 0) is 65.4 Å². The van der Waals surface area contributed by atoms with Gasteiger partial charge in [-0.15, -0.1) is 0 Å². The quantitative estimate of drug-likeness (QED) is 0.0169. The van der Waals surface area contributed by atoms with Crippen LogP contribution in [0.3, 0.4) is 0 Å². The molecule has 0 aliphatic rings. The highest BCUT2D eigenvalue weighted by molar-refractivity contribution is 7.47. The number of aliphatic hydroxyl groups is 1. The Morgan fingerprint density at radius 3 is 0.891 bits per heavy atom. The Morgan fingerprint density at radius 1 is 0.337 bits per heavy atom. The summed E-state index contributed by atoms with van der Waals surface area (Å²) in [6.45, 7) is 9.44. The van der Waals surface area contributed by atoms with Crippen LogP contribution in [0.1, 0.15) is 350 Å². The monoisotopic (exact) mass is 1350 g/mol.